The highest BCUT2D eigenvalue weighted by Crippen LogP contribution is 2.19. The average Bonchev–Trinajstić information content (AvgIpc) is 3.25. The minimum atomic E-state index is -0.426. The zero-order valence-corrected chi connectivity index (χ0v) is 18.5. The van der Waals surface area contributed by atoms with Crippen molar-refractivity contribution in [2.24, 2.45) is 0 Å². The topological polar surface area (TPSA) is 81.3 Å². The largest absolute Gasteiger partial charge is 0.326 e. The zero-order chi connectivity index (χ0) is 23.5. The number of allylic oxidation sites excluding steroid dienone is 1. The normalized spacial score (nSPS) is 11.0. The van der Waals surface area contributed by atoms with Gasteiger partial charge in [0.1, 0.15) is 5.82 Å². The first kappa shape index (κ1) is 22.1. The fraction of sp³-hybridized carbons (Fsp3) is 0.200. The lowest BCUT2D eigenvalue weighted by Gasteiger charge is -2.14. The van der Waals surface area contributed by atoms with Crippen LogP contribution in [0, 0.1) is 19.7 Å². The van der Waals surface area contributed by atoms with Crippen molar-refractivity contribution in [2.45, 2.75) is 33.2 Å². The first-order valence-corrected chi connectivity index (χ1v) is 10.6. The molecular weight excluding hydrogens is 421 g/mol. The summed E-state index contributed by atoms with van der Waals surface area (Å²) in [4.78, 5) is 30.4. The number of nitrogens with one attached hydrogen (secondary N) is 1. The van der Waals surface area contributed by atoms with Crippen LogP contribution in [0.15, 0.2) is 66.0 Å². The number of fused-ring (bicyclic) bond motifs is 1. The molecule has 2 heterocycles. The lowest BCUT2D eigenvalue weighted by atomic mass is 10.1. The summed E-state index contributed by atoms with van der Waals surface area (Å²) in [5.41, 5.74) is 2.84. The molecule has 0 spiro atoms. The molecule has 2 aromatic carbocycles. The van der Waals surface area contributed by atoms with Crippen molar-refractivity contribution in [3.05, 3.63) is 94.2 Å². The number of aryl methyl sites for hydroxylation is 1. The quantitative estimate of drug-likeness (QED) is 0.435. The minimum absolute atomic E-state index is 0.0614. The molecule has 8 heteroatoms. The third-order valence-corrected chi connectivity index (χ3v) is 5.54. The van der Waals surface area contributed by atoms with Crippen molar-refractivity contribution in [3.8, 4) is 11.4 Å². The molecule has 0 aliphatic carbocycles. The van der Waals surface area contributed by atoms with Crippen LogP contribution in [0.4, 0.5) is 10.1 Å². The molecule has 0 unspecified atom stereocenters. The monoisotopic (exact) mass is 445 g/mol. The molecule has 0 aliphatic heterocycles. The first-order valence-electron chi connectivity index (χ1n) is 10.6. The summed E-state index contributed by atoms with van der Waals surface area (Å²) in [6.07, 6.45) is 1.99. The number of amides is 1. The van der Waals surface area contributed by atoms with E-state index in [2.05, 4.69) is 22.0 Å². The Kier molecular flexibility index (Phi) is 6.17. The molecule has 0 saturated heterocycles. The molecule has 0 fully saturated rings. The predicted octanol–water partition coefficient (Wildman–Crippen LogP) is 4.07. The molecule has 0 aliphatic rings. The molecule has 0 saturated carbocycles. The number of carbonyl (C=O) groups is 1. The molecule has 0 bridgehead atoms. The number of rotatable bonds is 7. The molecule has 4 rings (SSSR count). The fourth-order valence-corrected chi connectivity index (χ4v) is 3.74. The van der Waals surface area contributed by atoms with Crippen LogP contribution in [0.25, 0.3) is 17.2 Å². The predicted molar refractivity (Wildman–Crippen MR) is 126 cm³/mol. The van der Waals surface area contributed by atoms with Gasteiger partial charge < -0.3 is 9.88 Å². The second-order valence-corrected chi connectivity index (χ2v) is 7.79. The lowest BCUT2D eigenvalue weighted by Crippen LogP contribution is -2.27. The number of carbonyl (C=O) groups excluding carboxylic acids is 1. The average molecular weight is 445 g/mol. The fourth-order valence-electron chi connectivity index (χ4n) is 3.74. The van der Waals surface area contributed by atoms with Crippen molar-refractivity contribution in [2.75, 3.05) is 5.32 Å². The Balaban J connectivity index is 1.67. The van der Waals surface area contributed by atoms with Gasteiger partial charge in [0.15, 0.2) is 5.82 Å². The van der Waals surface area contributed by atoms with Crippen molar-refractivity contribution in [1.29, 1.82) is 0 Å². The number of aromatic nitrogens is 4. The number of anilines is 1. The molecule has 0 radical (unpaired) electrons. The highest BCUT2D eigenvalue weighted by atomic mass is 19.1. The Morgan fingerprint density at radius 2 is 1.94 bits per heavy atom. The van der Waals surface area contributed by atoms with Gasteiger partial charge in [0.2, 0.25) is 11.7 Å². The highest BCUT2D eigenvalue weighted by molar-refractivity contribution is 5.91. The van der Waals surface area contributed by atoms with E-state index in [4.69, 9.17) is 0 Å². The van der Waals surface area contributed by atoms with E-state index in [9.17, 15) is 14.0 Å². The summed E-state index contributed by atoms with van der Waals surface area (Å²) in [7, 11) is 0. The molecule has 4 aromatic rings. The summed E-state index contributed by atoms with van der Waals surface area (Å²) in [6.45, 7) is 7.85. The summed E-state index contributed by atoms with van der Waals surface area (Å²) in [5, 5.41) is 7.16. The van der Waals surface area contributed by atoms with E-state index in [1.807, 2.05) is 41.8 Å². The maximum Gasteiger partial charge on any atom is 0.279 e. The van der Waals surface area contributed by atoms with Gasteiger partial charge in [0, 0.05) is 35.5 Å². The van der Waals surface area contributed by atoms with Gasteiger partial charge in [-0.25, -0.2) is 4.39 Å². The van der Waals surface area contributed by atoms with Gasteiger partial charge in [0.05, 0.1) is 0 Å². The Labute approximate surface area is 190 Å². The standard InChI is InChI=1S/C25H24FN5O2/c1-4-14-30-17(3)20(12-13-22(32)27-21-15-19(26)11-10-16(21)2)24(33)31-25(30)28-23(29-31)18-8-6-5-7-9-18/h4-11,15H,1,12-14H2,2-3H3,(H,27,32). The molecule has 33 heavy (non-hydrogen) atoms. The summed E-state index contributed by atoms with van der Waals surface area (Å²) < 4.78 is 16.7. The van der Waals surface area contributed by atoms with Crippen LogP contribution >= 0.6 is 0 Å². The van der Waals surface area contributed by atoms with Crippen LogP contribution in [-0.4, -0.2) is 25.1 Å². The maximum absolute atomic E-state index is 13.5. The molecule has 1 amide bonds. The van der Waals surface area contributed by atoms with Crippen molar-refractivity contribution < 1.29 is 9.18 Å². The van der Waals surface area contributed by atoms with E-state index in [1.165, 1.54) is 16.6 Å². The van der Waals surface area contributed by atoms with Gasteiger partial charge in [-0.2, -0.15) is 9.50 Å². The van der Waals surface area contributed by atoms with Crippen molar-refractivity contribution >= 4 is 17.4 Å². The van der Waals surface area contributed by atoms with Crippen molar-refractivity contribution in [1.82, 2.24) is 19.2 Å². The maximum atomic E-state index is 13.5. The molecule has 0 atom stereocenters. The van der Waals surface area contributed by atoms with E-state index in [0.29, 0.717) is 35.1 Å². The van der Waals surface area contributed by atoms with E-state index >= 15 is 0 Å². The molecule has 1 N–H and O–H groups in total. The lowest BCUT2D eigenvalue weighted by molar-refractivity contribution is -0.116. The second-order valence-electron chi connectivity index (χ2n) is 7.79. The van der Waals surface area contributed by atoms with Gasteiger partial charge in [-0.05, 0) is 38.0 Å². The summed E-state index contributed by atoms with van der Waals surface area (Å²) in [6, 6.07) is 13.6. The molecule has 2 aromatic heterocycles. The summed E-state index contributed by atoms with van der Waals surface area (Å²) >= 11 is 0. The van der Waals surface area contributed by atoms with E-state index in [0.717, 1.165) is 11.1 Å². The van der Waals surface area contributed by atoms with Gasteiger partial charge in [-0.3, -0.25) is 9.59 Å². The number of nitrogens with zero attached hydrogens (tertiary/aromatic N) is 4. The third kappa shape index (κ3) is 4.45. The SMILES string of the molecule is C=CCn1c(C)c(CCC(=O)Nc2cc(F)ccc2C)c(=O)n2nc(-c3ccccc3)nc12. The van der Waals surface area contributed by atoms with Crippen LogP contribution in [0.2, 0.25) is 0 Å². The number of halogens is 1. The van der Waals surface area contributed by atoms with Crippen LogP contribution in [0.5, 0.6) is 0 Å². The Morgan fingerprint density at radius 1 is 1.18 bits per heavy atom. The van der Waals surface area contributed by atoms with Crippen LogP contribution in [0.1, 0.15) is 23.2 Å². The van der Waals surface area contributed by atoms with Crippen LogP contribution < -0.4 is 10.9 Å². The number of benzene rings is 2. The van der Waals surface area contributed by atoms with Gasteiger partial charge >= 0.3 is 0 Å². The van der Waals surface area contributed by atoms with Gasteiger partial charge in [0.25, 0.3) is 5.56 Å². The Bertz CT molecular complexity index is 1410. The Morgan fingerprint density at radius 3 is 2.67 bits per heavy atom. The van der Waals surface area contributed by atoms with E-state index in [1.54, 1.807) is 19.1 Å². The highest BCUT2D eigenvalue weighted by Gasteiger charge is 2.19. The minimum Gasteiger partial charge on any atom is -0.326 e. The van der Waals surface area contributed by atoms with E-state index in [-0.39, 0.29) is 24.3 Å². The summed E-state index contributed by atoms with van der Waals surface area (Å²) in [5.74, 6) is 0.132. The van der Waals surface area contributed by atoms with Crippen LogP contribution in [0.3, 0.4) is 0 Å². The molecular formula is C25H24FN5O2. The molecule has 7 nitrogen and oxygen atoms in total. The van der Waals surface area contributed by atoms with Crippen LogP contribution in [-0.2, 0) is 17.8 Å². The Hall–Kier alpha value is -4.07. The first-order chi connectivity index (χ1) is 15.9. The number of hydrogen-bond donors (Lipinski definition) is 1. The second kappa shape index (κ2) is 9.20. The van der Waals surface area contributed by atoms with Crippen molar-refractivity contribution in [3.63, 3.8) is 0 Å². The van der Waals surface area contributed by atoms with Gasteiger partial charge in [-0.1, -0.05) is 42.5 Å². The van der Waals surface area contributed by atoms with Gasteiger partial charge in [-0.15, -0.1) is 11.7 Å². The smallest absolute Gasteiger partial charge is 0.279 e. The third-order valence-electron chi connectivity index (χ3n) is 5.54. The zero-order valence-electron chi connectivity index (χ0n) is 18.5. The van der Waals surface area contributed by atoms with E-state index < -0.39 is 5.82 Å². The molecule has 168 valence electrons. The number of hydrogen-bond acceptors (Lipinski definition) is 4.